The van der Waals surface area contributed by atoms with Gasteiger partial charge in [-0.05, 0) is 49.4 Å². The Balaban J connectivity index is 1.93. The third-order valence-electron chi connectivity index (χ3n) is 4.57. The molecule has 0 aliphatic heterocycles. The quantitative estimate of drug-likeness (QED) is 0.902. The smallest absolute Gasteiger partial charge is 0.133 e. The Morgan fingerprint density at radius 3 is 2.65 bits per heavy atom. The molecule has 0 saturated carbocycles. The second-order valence-corrected chi connectivity index (χ2v) is 5.86. The largest absolute Gasteiger partial charge is 0.464 e. The Kier molecular flexibility index (Phi) is 3.40. The van der Waals surface area contributed by atoms with Crippen molar-refractivity contribution in [1.82, 2.24) is 0 Å². The summed E-state index contributed by atoms with van der Waals surface area (Å²) in [5, 5.41) is 10.8. The predicted molar refractivity (Wildman–Crippen MR) is 78.4 cm³/mol. The zero-order valence-electron chi connectivity index (χ0n) is 11.8. The lowest BCUT2D eigenvalue weighted by molar-refractivity contribution is 0.00189. The number of fused-ring (bicyclic) bond motifs is 1. The van der Waals surface area contributed by atoms with E-state index in [2.05, 4.69) is 24.3 Å². The molecule has 0 spiro atoms. The van der Waals surface area contributed by atoms with Crippen molar-refractivity contribution in [3.8, 4) is 0 Å². The molecule has 3 N–H and O–H groups in total. The number of hydrogen-bond acceptors (Lipinski definition) is 3. The zero-order chi connectivity index (χ0) is 14.2. The molecule has 1 aliphatic carbocycles. The molecule has 3 heteroatoms. The second-order valence-electron chi connectivity index (χ2n) is 5.86. The minimum atomic E-state index is -0.644. The van der Waals surface area contributed by atoms with Gasteiger partial charge in [-0.2, -0.15) is 0 Å². The Labute approximate surface area is 119 Å². The molecule has 1 heterocycles. The summed E-state index contributed by atoms with van der Waals surface area (Å²) in [6, 6.07) is 12.2. The van der Waals surface area contributed by atoms with Gasteiger partial charge in [0.15, 0.2) is 0 Å². The summed E-state index contributed by atoms with van der Waals surface area (Å²) in [6.45, 7) is 2.35. The summed E-state index contributed by atoms with van der Waals surface area (Å²) < 4.78 is 5.61. The van der Waals surface area contributed by atoms with Crippen molar-refractivity contribution >= 4 is 0 Å². The summed E-state index contributed by atoms with van der Waals surface area (Å²) in [7, 11) is 0. The van der Waals surface area contributed by atoms with Gasteiger partial charge in [0.05, 0.1) is 0 Å². The fraction of sp³-hybridized carbons (Fsp3) is 0.412. The molecule has 1 aromatic heterocycles. The van der Waals surface area contributed by atoms with Crippen molar-refractivity contribution in [3.63, 3.8) is 0 Å². The summed E-state index contributed by atoms with van der Waals surface area (Å²) in [6.07, 6.45) is 2.01. The van der Waals surface area contributed by atoms with Crippen LogP contribution in [0.3, 0.4) is 0 Å². The standard InChI is InChI=1S/C17H21NO2/c1-12-6-7-15(20-12)16(19)17(11-18)9-8-13-4-2-3-5-14(13)10-17/h2-7,16,19H,8-11,18H2,1H3. The maximum Gasteiger partial charge on any atom is 0.133 e. The average Bonchev–Trinajstić information content (AvgIpc) is 2.92. The Morgan fingerprint density at radius 1 is 1.25 bits per heavy atom. The van der Waals surface area contributed by atoms with Gasteiger partial charge in [-0.1, -0.05) is 24.3 Å². The number of rotatable bonds is 3. The van der Waals surface area contributed by atoms with E-state index in [-0.39, 0.29) is 5.41 Å². The molecule has 2 aromatic rings. The van der Waals surface area contributed by atoms with Crippen molar-refractivity contribution < 1.29 is 9.52 Å². The number of aliphatic hydroxyl groups is 1. The zero-order valence-corrected chi connectivity index (χ0v) is 11.8. The van der Waals surface area contributed by atoms with E-state index < -0.39 is 6.10 Å². The first-order chi connectivity index (χ1) is 9.64. The first kappa shape index (κ1) is 13.4. The summed E-state index contributed by atoms with van der Waals surface area (Å²) in [5.74, 6) is 1.45. The minimum Gasteiger partial charge on any atom is -0.464 e. The molecule has 2 atom stereocenters. The third-order valence-corrected chi connectivity index (χ3v) is 4.57. The highest BCUT2D eigenvalue weighted by Gasteiger charge is 2.41. The summed E-state index contributed by atoms with van der Waals surface area (Å²) >= 11 is 0. The lowest BCUT2D eigenvalue weighted by Gasteiger charge is -2.40. The highest BCUT2D eigenvalue weighted by Crippen LogP contribution is 2.44. The van der Waals surface area contributed by atoms with E-state index in [4.69, 9.17) is 10.2 Å². The van der Waals surface area contributed by atoms with Crippen LogP contribution in [0.1, 0.15) is 35.2 Å². The van der Waals surface area contributed by atoms with Crippen LogP contribution in [0.2, 0.25) is 0 Å². The number of aliphatic hydroxyl groups excluding tert-OH is 1. The molecule has 1 aliphatic rings. The van der Waals surface area contributed by atoms with Gasteiger partial charge in [0.1, 0.15) is 17.6 Å². The van der Waals surface area contributed by atoms with Gasteiger partial charge in [0.25, 0.3) is 0 Å². The van der Waals surface area contributed by atoms with Crippen LogP contribution in [0.25, 0.3) is 0 Å². The normalized spacial score (nSPS) is 23.4. The lowest BCUT2D eigenvalue weighted by Crippen LogP contribution is -2.41. The first-order valence-corrected chi connectivity index (χ1v) is 7.16. The van der Waals surface area contributed by atoms with Crippen LogP contribution >= 0.6 is 0 Å². The van der Waals surface area contributed by atoms with Gasteiger partial charge < -0.3 is 15.3 Å². The van der Waals surface area contributed by atoms with Crippen molar-refractivity contribution in [1.29, 1.82) is 0 Å². The number of benzene rings is 1. The molecule has 3 rings (SSSR count). The molecule has 106 valence electrons. The molecule has 0 fully saturated rings. The van der Waals surface area contributed by atoms with Crippen LogP contribution in [0.4, 0.5) is 0 Å². The second kappa shape index (κ2) is 5.08. The molecule has 3 nitrogen and oxygen atoms in total. The van der Waals surface area contributed by atoms with E-state index in [0.717, 1.165) is 25.0 Å². The molecule has 0 amide bonds. The third kappa shape index (κ3) is 2.17. The molecule has 0 bridgehead atoms. The SMILES string of the molecule is Cc1ccc(C(O)C2(CN)CCc3ccccc3C2)o1. The van der Waals surface area contributed by atoms with Crippen molar-refractivity contribution in [3.05, 3.63) is 59.0 Å². The fourth-order valence-corrected chi connectivity index (χ4v) is 3.25. The van der Waals surface area contributed by atoms with Gasteiger partial charge >= 0.3 is 0 Å². The van der Waals surface area contributed by atoms with Gasteiger partial charge in [-0.15, -0.1) is 0 Å². The van der Waals surface area contributed by atoms with Crippen LogP contribution in [-0.2, 0) is 12.8 Å². The van der Waals surface area contributed by atoms with Gasteiger partial charge in [0, 0.05) is 12.0 Å². The van der Waals surface area contributed by atoms with Crippen molar-refractivity contribution in [2.45, 2.75) is 32.3 Å². The highest BCUT2D eigenvalue weighted by molar-refractivity contribution is 5.32. The van der Waals surface area contributed by atoms with E-state index in [1.165, 1.54) is 11.1 Å². The molecule has 0 radical (unpaired) electrons. The monoisotopic (exact) mass is 271 g/mol. The minimum absolute atomic E-state index is 0.321. The molecule has 1 aromatic carbocycles. The number of hydrogen-bond donors (Lipinski definition) is 2. The van der Waals surface area contributed by atoms with Gasteiger partial charge in [0.2, 0.25) is 0 Å². The number of aryl methyl sites for hydroxylation is 2. The molecular formula is C17H21NO2. The van der Waals surface area contributed by atoms with E-state index in [1.54, 1.807) is 0 Å². The van der Waals surface area contributed by atoms with Crippen LogP contribution in [0.15, 0.2) is 40.8 Å². The Bertz CT molecular complexity index is 605. The fourth-order valence-electron chi connectivity index (χ4n) is 3.25. The molecular weight excluding hydrogens is 250 g/mol. The Hall–Kier alpha value is -1.58. The van der Waals surface area contributed by atoms with Crippen LogP contribution in [-0.4, -0.2) is 11.7 Å². The van der Waals surface area contributed by atoms with Gasteiger partial charge in [-0.3, -0.25) is 0 Å². The van der Waals surface area contributed by atoms with Crippen LogP contribution < -0.4 is 5.73 Å². The topological polar surface area (TPSA) is 59.4 Å². The average molecular weight is 271 g/mol. The van der Waals surface area contributed by atoms with Crippen LogP contribution in [0, 0.1) is 12.3 Å². The van der Waals surface area contributed by atoms with Crippen molar-refractivity contribution in [2.24, 2.45) is 11.1 Å². The molecule has 2 unspecified atom stereocenters. The van der Waals surface area contributed by atoms with Crippen molar-refractivity contribution in [2.75, 3.05) is 6.54 Å². The van der Waals surface area contributed by atoms with E-state index >= 15 is 0 Å². The molecule has 20 heavy (non-hydrogen) atoms. The summed E-state index contributed by atoms with van der Waals surface area (Å²) in [4.78, 5) is 0. The maximum atomic E-state index is 10.8. The summed E-state index contributed by atoms with van der Waals surface area (Å²) in [5.41, 5.74) is 8.39. The lowest BCUT2D eigenvalue weighted by atomic mass is 9.67. The molecule has 0 saturated heterocycles. The first-order valence-electron chi connectivity index (χ1n) is 7.16. The van der Waals surface area contributed by atoms with E-state index in [1.807, 2.05) is 19.1 Å². The van der Waals surface area contributed by atoms with E-state index in [0.29, 0.717) is 12.3 Å². The number of furan rings is 1. The van der Waals surface area contributed by atoms with Crippen LogP contribution in [0.5, 0.6) is 0 Å². The predicted octanol–water partition coefficient (Wildman–Crippen LogP) is 2.76. The van der Waals surface area contributed by atoms with E-state index in [9.17, 15) is 5.11 Å². The number of nitrogens with two attached hydrogens (primary N) is 1. The maximum absolute atomic E-state index is 10.8. The Morgan fingerprint density at radius 2 is 2.00 bits per heavy atom. The van der Waals surface area contributed by atoms with Gasteiger partial charge in [-0.25, -0.2) is 0 Å². The highest BCUT2D eigenvalue weighted by atomic mass is 16.4.